The van der Waals surface area contributed by atoms with Crippen molar-refractivity contribution in [3.63, 3.8) is 0 Å². The molecule has 3 aromatic heterocycles. The first-order valence-corrected chi connectivity index (χ1v) is 15.8. The number of carbonyl (C=O) groups excluding carboxylic acids is 4. The Morgan fingerprint density at radius 3 is 1.41 bits per heavy atom. The van der Waals surface area contributed by atoms with Gasteiger partial charge in [-0.15, -0.1) is 23.2 Å². The van der Waals surface area contributed by atoms with Crippen molar-refractivity contribution in [3.05, 3.63) is 78.1 Å². The lowest BCUT2D eigenvalue weighted by molar-refractivity contribution is -0.116. The molecule has 0 bridgehead atoms. The van der Waals surface area contributed by atoms with Gasteiger partial charge in [-0.25, -0.2) is 0 Å². The van der Waals surface area contributed by atoms with E-state index in [2.05, 4.69) is 26.2 Å². The Bertz CT molecular complexity index is 1700. The smallest absolute Gasteiger partial charge is 0.272 e. The summed E-state index contributed by atoms with van der Waals surface area (Å²) in [6.07, 6.45) is 6.04. The third kappa shape index (κ3) is 8.52. The van der Waals surface area contributed by atoms with E-state index in [4.69, 9.17) is 23.2 Å². The molecule has 3 heterocycles. The van der Waals surface area contributed by atoms with Crippen LogP contribution in [0.4, 0.5) is 28.4 Å². The van der Waals surface area contributed by atoms with Crippen LogP contribution in [0.2, 0.25) is 0 Å². The number of hydrogen-bond acceptors (Lipinski definition) is 5. The average Bonchev–Trinajstić information content (AvgIpc) is 3.68. The summed E-state index contributed by atoms with van der Waals surface area (Å²) >= 11 is 11.8. The standard InChI is InChI=1S/C32H38Cl2N8O4/c1-5-6-29(43)35-22-15-26(39(2)18-22)31(45)37-24-17-28(41(4)20-24)32(46)38-23-16-27(40(3)19-23)30(44)36-21-7-9-25(10-8-21)42(13-11-33)14-12-34/h7-10,15-20H,5-6,11-14H2,1-4H3,(H,35,43)(H,36,44)(H,37,45)(H,38,46). The zero-order valence-corrected chi connectivity index (χ0v) is 27.7. The normalized spacial score (nSPS) is 10.8. The van der Waals surface area contributed by atoms with Gasteiger partial charge in [0.15, 0.2) is 0 Å². The lowest BCUT2D eigenvalue weighted by Gasteiger charge is -2.23. The maximum Gasteiger partial charge on any atom is 0.272 e. The van der Waals surface area contributed by atoms with Crippen LogP contribution in [-0.4, -0.2) is 62.2 Å². The predicted molar refractivity (Wildman–Crippen MR) is 184 cm³/mol. The quantitative estimate of drug-likeness (QED) is 0.132. The van der Waals surface area contributed by atoms with E-state index in [9.17, 15) is 19.2 Å². The lowest BCUT2D eigenvalue weighted by Crippen LogP contribution is -2.27. The molecule has 0 spiro atoms. The van der Waals surface area contributed by atoms with Crippen molar-refractivity contribution in [3.8, 4) is 0 Å². The van der Waals surface area contributed by atoms with Gasteiger partial charge < -0.3 is 39.9 Å². The van der Waals surface area contributed by atoms with Gasteiger partial charge in [-0.2, -0.15) is 0 Å². The summed E-state index contributed by atoms with van der Waals surface area (Å²) in [6, 6.07) is 12.1. The maximum atomic E-state index is 13.2. The van der Waals surface area contributed by atoms with Crippen molar-refractivity contribution in [2.24, 2.45) is 21.1 Å². The van der Waals surface area contributed by atoms with Crippen molar-refractivity contribution < 1.29 is 19.2 Å². The van der Waals surface area contributed by atoms with Gasteiger partial charge in [0.1, 0.15) is 17.1 Å². The van der Waals surface area contributed by atoms with Crippen LogP contribution in [0.5, 0.6) is 0 Å². The number of alkyl halides is 2. The van der Waals surface area contributed by atoms with E-state index in [1.807, 2.05) is 31.2 Å². The molecule has 4 N–H and O–H groups in total. The Hall–Kier alpha value is -4.68. The van der Waals surface area contributed by atoms with E-state index >= 15 is 0 Å². The fourth-order valence-corrected chi connectivity index (χ4v) is 5.35. The van der Waals surface area contributed by atoms with E-state index < -0.39 is 11.8 Å². The van der Waals surface area contributed by atoms with Crippen LogP contribution in [0.25, 0.3) is 0 Å². The van der Waals surface area contributed by atoms with Crippen LogP contribution < -0.4 is 26.2 Å². The summed E-state index contributed by atoms with van der Waals surface area (Å²) in [5.74, 6) is -0.334. The lowest BCUT2D eigenvalue weighted by atomic mass is 10.2. The number of carbonyl (C=O) groups is 4. The number of halogens is 2. The molecule has 0 aliphatic heterocycles. The minimum Gasteiger partial charge on any atom is -0.369 e. The van der Waals surface area contributed by atoms with Crippen LogP contribution in [0.15, 0.2) is 61.1 Å². The first-order chi connectivity index (χ1) is 22.0. The highest BCUT2D eigenvalue weighted by molar-refractivity contribution is 6.18. The van der Waals surface area contributed by atoms with Gasteiger partial charge >= 0.3 is 0 Å². The molecule has 0 saturated heterocycles. The number of aryl methyl sites for hydroxylation is 3. The second-order valence-corrected chi connectivity index (χ2v) is 11.5. The summed E-state index contributed by atoms with van der Waals surface area (Å²) in [5.41, 5.74) is 3.92. The molecule has 0 fully saturated rings. The van der Waals surface area contributed by atoms with Gasteiger partial charge in [-0.3, -0.25) is 19.2 Å². The zero-order valence-electron chi connectivity index (χ0n) is 26.2. The molecule has 46 heavy (non-hydrogen) atoms. The highest BCUT2D eigenvalue weighted by atomic mass is 35.5. The van der Waals surface area contributed by atoms with Crippen LogP contribution in [0, 0.1) is 0 Å². The topological polar surface area (TPSA) is 134 Å². The van der Waals surface area contributed by atoms with Crippen LogP contribution in [-0.2, 0) is 25.9 Å². The van der Waals surface area contributed by atoms with Crippen molar-refractivity contribution in [2.75, 3.05) is 51.0 Å². The molecular formula is C32H38Cl2N8O4. The molecule has 244 valence electrons. The number of amides is 4. The molecule has 4 aromatic rings. The number of nitrogens with one attached hydrogen (secondary N) is 4. The summed E-state index contributed by atoms with van der Waals surface area (Å²) in [4.78, 5) is 53.2. The number of aromatic nitrogens is 3. The molecule has 1 aromatic carbocycles. The molecule has 0 aliphatic carbocycles. The van der Waals surface area contributed by atoms with Gasteiger partial charge in [0.25, 0.3) is 17.7 Å². The van der Waals surface area contributed by atoms with Crippen LogP contribution in [0.3, 0.4) is 0 Å². The highest BCUT2D eigenvalue weighted by Gasteiger charge is 2.19. The molecule has 0 aliphatic rings. The van der Waals surface area contributed by atoms with E-state index in [0.717, 1.165) is 12.1 Å². The van der Waals surface area contributed by atoms with Gasteiger partial charge in [-0.05, 0) is 48.9 Å². The molecule has 12 nitrogen and oxygen atoms in total. The largest absolute Gasteiger partial charge is 0.369 e. The Morgan fingerprint density at radius 2 is 1.02 bits per heavy atom. The Labute approximate surface area is 277 Å². The average molecular weight is 670 g/mol. The fraction of sp³-hybridized carbons (Fsp3) is 0.312. The summed E-state index contributed by atoms with van der Waals surface area (Å²) in [6.45, 7) is 3.23. The third-order valence-corrected chi connectivity index (χ3v) is 7.53. The molecule has 4 rings (SSSR count). The molecule has 14 heteroatoms. The second kappa shape index (κ2) is 15.5. The van der Waals surface area contributed by atoms with E-state index in [1.54, 1.807) is 71.6 Å². The number of benzene rings is 1. The monoisotopic (exact) mass is 668 g/mol. The van der Waals surface area contributed by atoms with Crippen molar-refractivity contribution in [1.29, 1.82) is 0 Å². The summed E-state index contributed by atoms with van der Waals surface area (Å²) < 4.78 is 4.83. The SMILES string of the molecule is CCCC(=O)Nc1cc(C(=O)Nc2cc(C(=O)Nc3cc(C(=O)Nc4ccc(N(CCCl)CCCl)cc4)n(C)c3)n(C)c2)n(C)c1. The third-order valence-electron chi connectivity index (χ3n) is 7.19. The zero-order chi connectivity index (χ0) is 33.4. The molecule has 0 unspecified atom stereocenters. The maximum absolute atomic E-state index is 13.2. The van der Waals surface area contributed by atoms with E-state index in [-0.39, 0.29) is 11.8 Å². The minimum atomic E-state index is -0.422. The minimum absolute atomic E-state index is 0.121. The van der Waals surface area contributed by atoms with E-state index in [1.165, 1.54) is 0 Å². The Morgan fingerprint density at radius 1 is 0.630 bits per heavy atom. The fourth-order valence-electron chi connectivity index (χ4n) is 4.94. The van der Waals surface area contributed by atoms with E-state index in [0.29, 0.717) is 71.1 Å². The van der Waals surface area contributed by atoms with Gasteiger partial charge in [0, 0.05) is 82.4 Å². The number of hydrogen-bond donors (Lipinski definition) is 4. The van der Waals surface area contributed by atoms with Crippen molar-refractivity contribution >= 4 is 75.3 Å². The first-order valence-electron chi connectivity index (χ1n) is 14.7. The van der Waals surface area contributed by atoms with Crippen molar-refractivity contribution in [1.82, 2.24) is 13.7 Å². The number of rotatable bonds is 14. The Kier molecular flexibility index (Phi) is 11.6. The summed E-state index contributed by atoms with van der Waals surface area (Å²) in [7, 11) is 5.11. The van der Waals surface area contributed by atoms with Crippen LogP contribution in [0.1, 0.15) is 51.2 Å². The van der Waals surface area contributed by atoms with Gasteiger partial charge in [0.05, 0.1) is 17.1 Å². The molecule has 0 radical (unpaired) electrons. The van der Waals surface area contributed by atoms with Gasteiger partial charge in [-0.1, -0.05) is 6.92 Å². The van der Waals surface area contributed by atoms with Crippen molar-refractivity contribution in [2.45, 2.75) is 19.8 Å². The molecular weight excluding hydrogens is 631 g/mol. The van der Waals surface area contributed by atoms with Gasteiger partial charge in [0.2, 0.25) is 5.91 Å². The molecule has 0 atom stereocenters. The highest BCUT2D eigenvalue weighted by Crippen LogP contribution is 2.22. The number of nitrogens with zero attached hydrogens (tertiary/aromatic N) is 4. The van der Waals surface area contributed by atoms with Crippen LogP contribution >= 0.6 is 23.2 Å². The first kappa shape index (κ1) is 34.2. The predicted octanol–water partition coefficient (Wildman–Crippen LogP) is 5.48. The summed E-state index contributed by atoms with van der Waals surface area (Å²) in [5, 5.41) is 11.3. The Balaban J connectivity index is 1.38. The molecule has 0 saturated carbocycles. The second-order valence-electron chi connectivity index (χ2n) is 10.7. The molecule has 4 amide bonds. The number of anilines is 5.